The zero-order valence-corrected chi connectivity index (χ0v) is 13.5. The zero-order chi connectivity index (χ0) is 18.0. The Hall–Kier alpha value is -2.21. The molecule has 0 saturated carbocycles. The molecule has 24 heavy (non-hydrogen) atoms. The first-order chi connectivity index (χ1) is 11.2. The van der Waals surface area contributed by atoms with E-state index in [0.29, 0.717) is 16.9 Å². The molecule has 0 saturated heterocycles. The van der Waals surface area contributed by atoms with Crippen molar-refractivity contribution in [3.63, 3.8) is 0 Å². The molecule has 0 atom stereocenters. The molecular weight excluding hydrogens is 373 g/mol. The van der Waals surface area contributed by atoms with Gasteiger partial charge >= 0.3 is 21.6 Å². The maximum absolute atomic E-state index is 12.5. The van der Waals surface area contributed by atoms with Crippen LogP contribution in [0, 0.1) is 0 Å². The minimum Gasteiger partial charge on any atom is -0.462 e. The summed E-state index contributed by atoms with van der Waals surface area (Å²) in [7, 11) is -5.97. The van der Waals surface area contributed by atoms with Gasteiger partial charge in [-0.25, -0.2) is 4.79 Å². The lowest BCUT2D eigenvalue weighted by Crippen LogP contribution is -2.28. The molecule has 2 heterocycles. The quantitative estimate of drug-likeness (QED) is 0.446. The summed E-state index contributed by atoms with van der Waals surface area (Å²) in [4.78, 5) is 18.8. The SMILES string of the molecule is CCOC(=O)c1sc(-c2ccncc2)nc1OS(=O)(=O)C(F)(F)F. The van der Waals surface area contributed by atoms with Crippen molar-refractivity contribution in [1.29, 1.82) is 0 Å². The van der Waals surface area contributed by atoms with Crippen LogP contribution in [0.1, 0.15) is 16.6 Å². The second-order valence-electron chi connectivity index (χ2n) is 4.09. The largest absolute Gasteiger partial charge is 0.534 e. The molecule has 0 aliphatic heterocycles. The molecule has 2 aromatic heterocycles. The van der Waals surface area contributed by atoms with Gasteiger partial charge in [0.05, 0.1) is 6.61 Å². The molecule has 0 bridgehead atoms. The van der Waals surface area contributed by atoms with Crippen molar-refractivity contribution < 1.29 is 35.3 Å². The fraction of sp³-hybridized carbons (Fsp3) is 0.250. The van der Waals surface area contributed by atoms with Crippen molar-refractivity contribution in [2.75, 3.05) is 6.61 Å². The number of nitrogens with zero attached hydrogens (tertiary/aromatic N) is 2. The third-order valence-electron chi connectivity index (χ3n) is 2.46. The third kappa shape index (κ3) is 3.82. The van der Waals surface area contributed by atoms with Crippen LogP contribution in [0.2, 0.25) is 0 Å². The number of carbonyl (C=O) groups is 1. The Morgan fingerprint density at radius 3 is 2.46 bits per heavy atom. The smallest absolute Gasteiger partial charge is 0.462 e. The number of aromatic nitrogens is 2. The van der Waals surface area contributed by atoms with Gasteiger partial charge in [-0.05, 0) is 19.1 Å². The Balaban J connectivity index is 2.49. The second-order valence-corrected chi connectivity index (χ2v) is 6.63. The van der Waals surface area contributed by atoms with Gasteiger partial charge in [0.15, 0.2) is 4.88 Å². The van der Waals surface area contributed by atoms with Crippen molar-refractivity contribution in [2.24, 2.45) is 0 Å². The average Bonchev–Trinajstić information content (AvgIpc) is 2.90. The molecule has 0 amide bonds. The Morgan fingerprint density at radius 2 is 1.92 bits per heavy atom. The van der Waals surface area contributed by atoms with E-state index in [-0.39, 0.29) is 11.6 Å². The molecule has 2 rings (SSSR count). The minimum absolute atomic E-state index is 0.0627. The number of pyridine rings is 1. The van der Waals surface area contributed by atoms with Crippen LogP contribution in [0.15, 0.2) is 24.5 Å². The molecule has 0 radical (unpaired) electrons. The van der Waals surface area contributed by atoms with E-state index < -0.39 is 32.4 Å². The number of halogens is 3. The molecule has 0 fully saturated rings. The van der Waals surface area contributed by atoms with Gasteiger partial charge in [0.2, 0.25) is 0 Å². The summed E-state index contributed by atoms with van der Waals surface area (Å²) in [5.74, 6) is -2.02. The van der Waals surface area contributed by atoms with E-state index in [9.17, 15) is 26.4 Å². The molecule has 0 N–H and O–H groups in total. The number of carbonyl (C=O) groups excluding carboxylic acids is 1. The van der Waals surface area contributed by atoms with Crippen LogP contribution in [0.25, 0.3) is 10.6 Å². The molecule has 130 valence electrons. The highest BCUT2D eigenvalue weighted by atomic mass is 32.2. The number of hydrogen-bond donors (Lipinski definition) is 0. The van der Waals surface area contributed by atoms with Crippen molar-refractivity contribution in [1.82, 2.24) is 9.97 Å². The number of thiazole rings is 1. The molecule has 12 heteroatoms. The Kier molecular flexibility index (Phi) is 5.08. The van der Waals surface area contributed by atoms with E-state index in [1.54, 1.807) is 0 Å². The first kappa shape index (κ1) is 18.1. The summed E-state index contributed by atoms with van der Waals surface area (Å²) in [5.41, 5.74) is -5.24. The van der Waals surface area contributed by atoms with Crippen LogP contribution in [0.5, 0.6) is 5.88 Å². The molecule has 0 aliphatic carbocycles. The number of alkyl halides is 3. The van der Waals surface area contributed by atoms with Crippen LogP contribution in [-0.2, 0) is 14.9 Å². The summed E-state index contributed by atoms with van der Waals surface area (Å²) in [6, 6.07) is 2.96. The predicted octanol–water partition coefficient (Wildman–Crippen LogP) is 2.61. The number of hydrogen-bond acceptors (Lipinski definition) is 8. The van der Waals surface area contributed by atoms with Gasteiger partial charge in [0.25, 0.3) is 5.88 Å². The summed E-state index contributed by atoms with van der Waals surface area (Å²) >= 11 is 0.642. The monoisotopic (exact) mass is 382 g/mol. The Bertz CT molecular complexity index is 834. The second kappa shape index (κ2) is 6.73. The first-order valence-corrected chi connectivity index (χ1v) is 8.47. The zero-order valence-electron chi connectivity index (χ0n) is 11.9. The Labute approximate surface area is 138 Å². The van der Waals surface area contributed by atoms with Crippen LogP contribution in [0.4, 0.5) is 13.2 Å². The Morgan fingerprint density at radius 1 is 1.29 bits per heavy atom. The molecular formula is C12H9F3N2O5S2. The molecule has 0 spiro atoms. The minimum atomic E-state index is -5.97. The van der Waals surface area contributed by atoms with Gasteiger partial charge in [-0.2, -0.15) is 26.6 Å². The molecule has 0 aromatic carbocycles. The van der Waals surface area contributed by atoms with Crippen molar-refractivity contribution in [3.8, 4) is 16.5 Å². The van der Waals surface area contributed by atoms with Gasteiger partial charge in [-0.15, -0.1) is 11.3 Å². The molecule has 7 nitrogen and oxygen atoms in total. The van der Waals surface area contributed by atoms with Gasteiger partial charge in [-0.1, -0.05) is 0 Å². The fourth-order valence-electron chi connectivity index (χ4n) is 1.46. The van der Waals surface area contributed by atoms with Gasteiger partial charge in [0, 0.05) is 18.0 Å². The van der Waals surface area contributed by atoms with Gasteiger partial charge in [0.1, 0.15) is 5.01 Å². The molecule has 0 unspecified atom stereocenters. The highest BCUT2D eigenvalue weighted by Crippen LogP contribution is 2.35. The lowest BCUT2D eigenvalue weighted by Gasteiger charge is -2.08. The number of esters is 1. The van der Waals surface area contributed by atoms with Crippen molar-refractivity contribution in [2.45, 2.75) is 12.4 Å². The van der Waals surface area contributed by atoms with Gasteiger partial charge < -0.3 is 8.92 Å². The standard InChI is InChI=1S/C12H9F3N2O5S2/c1-2-21-11(18)8-9(22-24(19,20)12(13,14)15)17-10(23-8)7-3-5-16-6-4-7/h3-6H,2H2,1H3. The summed E-state index contributed by atoms with van der Waals surface area (Å²) < 4.78 is 68.4. The maximum Gasteiger partial charge on any atom is 0.534 e. The maximum atomic E-state index is 12.5. The summed E-state index contributed by atoms with van der Waals surface area (Å²) in [6.07, 6.45) is 2.79. The first-order valence-electron chi connectivity index (χ1n) is 6.25. The highest BCUT2D eigenvalue weighted by molar-refractivity contribution is 7.88. The molecule has 0 aliphatic rings. The topological polar surface area (TPSA) is 95.4 Å². The third-order valence-corrected chi connectivity index (χ3v) is 4.47. The van der Waals surface area contributed by atoms with E-state index in [2.05, 4.69) is 18.9 Å². The predicted molar refractivity (Wildman–Crippen MR) is 76.9 cm³/mol. The lowest BCUT2D eigenvalue weighted by atomic mass is 10.3. The van der Waals surface area contributed by atoms with Crippen molar-refractivity contribution in [3.05, 3.63) is 29.4 Å². The van der Waals surface area contributed by atoms with Crippen LogP contribution < -0.4 is 4.18 Å². The van der Waals surface area contributed by atoms with Gasteiger partial charge in [-0.3, -0.25) is 4.98 Å². The van der Waals surface area contributed by atoms with E-state index >= 15 is 0 Å². The average molecular weight is 382 g/mol. The van der Waals surface area contributed by atoms with E-state index in [1.165, 1.54) is 31.5 Å². The van der Waals surface area contributed by atoms with Crippen LogP contribution in [-0.4, -0.2) is 36.5 Å². The van der Waals surface area contributed by atoms with E-state index in [0.717, 1.165) is 0 Å². The van der Waals surface area contributed by atoms with Crippen LogP contribution in [0.3, 0.4) is 0 Å². The van der Waals surface area contributed by atoms with E-state index in [4.69, 9.17) is 0 Å². The number of ether oxygens (including phenoxy) is 1. The van der Waals surface area contributed by atoms with Crippen LogP contribution >= 0.6 is 11.3 Å². The number of rotatable bonds is 5. The molecule has 2 aromatic rings. The summed E-state index contributed by atoms with van der Waals surface area (Å²) in [5, 5.41) is 0.0767. The lowest BCUT2D eigenvalue weighted by molar-refractivity contribution is -0.0501. The van der Waals surface area contributed by atoms with E-state index in [1.807, 2.05) is 0 Å². The normalized spacial score (nSPS) is 12.0. The highest BCUT2D eigenvalue weighted by Gasteiger charge is 2.49. The van der Waals surface area contributed by atoms with Crippen molar-refractivity contribution >= 4 is 27.4 Å². The summed E-state index contributed by atoms with van der Waals surface area (Å²) in [6.45, 7) is 1.42. The fourth-order valence-corrected chi connectivity index (χ4v) is 2.83.